The molecular weight excluding hydrogens is 346 g/mol. The molecule has 3 saturated heterocycles. The fourth-order valence-corrected chi connectivity index (χ4v) is 5.99. The molecular formula is C20H25N3O2S. The number of anilines is 1. The number of fused-ring (bicyclic) bond motifs is 6. The molecule has 138 valence electrons. The van der Waals surface area contributed by atoms with Crippen LogP contribution in [0.25, 0.3) is 10.1 Å². The zero-order chi connectivity index (χ0) is 17.9. The minimum absolute atomic E-state index is 0.0298. The second-order valence-corrected chi connectivity index (χ2v) is 9.22. The van der Waals surface area contributed by atoms with Gasteiger partial charge in [-0.2, -0.15) is 0 Å². The van der Waals surface area contributed by atoms with Crippen molar-refractivity contribution in [2.24, 2.45) is 5.92 Å². The summed E-state index contributed by atoms with van der Waals surface area (Å²) in [5.41, 5.74) is 1.06. The van der Waals surface area contributed by atoms with Gasteiger partial charge in [-0.3, -0.25) is 9.69 Å². The van der Waals surface area contributed by atoms with Crippen molar-refractivity contribution in [3.05, 3.63) is 23.1 Å². The SMILES string of the molecule is CC1(C)[C@@H](NC(=O)c2cc3ccc4c(c3s2)NCCO4)C2CCN1CC2. The Morgan fingerprint density at radius 3 is 2.92 bits per heavy atom. The highest BCUT2D eigenvalue weighted by atomic mass is 32.1. The van der Waals surface area contributed by atoms with E-state index < -0.39 is 0 Å². The maximum absolute atomic E-state index is 13.0. The van der Waals surface area contributed by atoms with Crippen molar-refractivity contribution in [3.8, 4) is 5.75 Å². The van der Waals surface area contributed by atoms with E-state index >= 15 is 0 Å². The van der Waals surface area contributed by atoms with Gasteiger partial charge in [0.25, 0.3) is 5.91 Å². The lowest BCUT2D eigenvalue weighted by Crippen LogP contribution is -2.69. The first kappa shape index (κ1) is 16.4. The molecule has 0 aliphatic carbocycles. The average molecular weight is 372 g/mol. The van der Waals surface area contributed by atoms with E-state index in [1.54, 1.807) is 11.3 Å². The van der Waals surface area contributed by atoms with Crippen LogP contribution in [-0.2, 0) is 0 Å². The van der Waals surface area contributed by atoms with Gasteiger partial charge in [0.05, 0.1) is 15.3 Å². The number of piperidine rings is 3. The second kappa shape index (κ2) is 5.86. The Kier molecular flexibility index (Phi) is 3.69. The van der Waals surface area contributed by atoms with Crippen molar-refractivity contribution in [1.82, 2.24) is 10.2 Å². The molecule has 1 atom stereocenters. The van der Waals surface area contributed by atoms with E-state index in [0.29, 0.717) is 12.5 Å². The van der Waals surface area contributed by atoms with E-state index in [0.717, 1.165) is 46.0 Å². The lowest BCUT2D eigenvalue weighted by atomic mass is 9.72. The molecule has 5 nitrogen and oxygen atoms in total. The number of nitrogens with one attached hydrogen (secondary N) is 2. The van der Waals surface area contributed by atoms with Crippen LogP contribution in [0.2, 0.25) is 0 Å². The molecule has 1 aromatic heterocycles. The van der Waals surface area contributed by atoms with Gasteiger partial charge in [-0.25, -0.2) is 0 Å². The summed E-state index contributed by atoms with van der Waals surface area (Å²) in [6.45, 7) is 8.35. The Hall–Kier alpha value is -1.79. The highest BCUT2D eigenvalue weighted by molar-refractivity contribution is 7.21. The van der Waals surface area contributed by atoms with Gasteiger partial charge in [0.2, 0.25) is 0 Å². The van der Waals surface area contributed by atoms with Gasteiger partial charge in [0.15, 0.2) is 0 Å². The Labute approximate surface area is 157 Å². The standard InChI is InChI=1S/C20H25N3O2S/c1-20(2)18(12-5-8-23(20)9-6-12)22-19(24)15-11-13-3-4-14-16(17(13)26-15)21-7-10-25-14/h3-4,11-12,18,21H,5-10H2,1-2H3,(H,22,24)/t18-/m0/s1. The van der Waals surface area contributed by atoms with Crippen LogP contribution in [0.5, 0.6) is 5.75 Å². The van der Waals surface area contributed by atoms with Crippen molar-refractivity contribution in [2.45, 2.75) is 38.3 Å². The summed E-state index contributed by atoms with van der Waals surface area (Å²) in [5, 5.41) is 7.90. The predicted octanol–water partition coefficient (Wildman–Crippen LogP) is 3.31. The van der Waals surface area contributed by atoms with Gasteiger partial charge in [0, 0.05) is 18.1 Å². The van der Waals surface area contributed by atoms with Crippen LogP contribution in [0.1, 0.15) is 36.4 Å². The summed E-state index contributed by atoms with van der Waals surface area (Å²) in [6, 6.07) is 6.28. The van der Waals surface area contributed by atoms with E-state index in [1.165, 1.54) is 12.8 Å². The molecule has 0 spiro atoms. The number of thiophene rings is 1. The molecule has 5 heterocycles. The molecule has 3 fully saturated rings. The third kappa shape index (κ3) is 2.42. The van der Waals surface area contributed by atoms with Crippen molar-refractivity contribution in [2.75, 3.05) is 31.6 Å². The van der Waals surface area contributed by atoms with Crippen molar-refractivity contribution in [3.63, 3.8) is 0 Å². The minimum Gasteiger partial charge on any atom is -0.490 e. The summed E-state index contributed by atoms with van der Waals surface area (Å²) in [5.74, 6) is 1.54. The molecule has 4 aliphatic heterocycles. The van der Waals surface area contributed by atoms with Gasteiger partial charge in [-0.05, 0) is 69.3 Å². The normalized spacial score (nSPS) is 28.9. The molecule has 2 bridgehead atoms. The Morgan fingerprint density at radius 1 is 1.35 bits per heavy atom. The first-order valence-corrected chi connectivity index (χ1v) is 10.3. The first-order chi connectivity index (χ1) is 12.5. The Morgan fingerprint density at radius 2 is 2.15 bits per heavy atom. The van der Waals surface area contributed by atoms with Crippen LogP contribution in [0.3, 0.4) is 0 Å². The maximum Gasteiger partial charge on any atom is 0.261 e. The minimum atomic E-state index is 0.0298. The van der Waals surface area contributed by atoms with Gasteiger partial charge in [-0.15, -0.1) is 11.3 Å². The van der Waals surface area contributed by atoms with Crippen molar-refractivity contribution < 1.29 is 9.53 Å². The fourth-order valence-electron chi connectivity index (χ4n) is 4.91. The number of carbonyl (C=O) groups is 1. The second-order valence-electron chi connectivity index (χ2n) is 8.17. The number of benzene rings is 1. The van der Waals surface area contributed by atoms with Gasteiger partial charge < -0.3 is 15.4 Å². The predicted molar refractivity (Wildman–Crippen MR) is 105 cm³/mol. The van der Waals surface area contributed by atoms with Gasteiger partial charge in [-0.1, -0.05) is 0 Å². The Balaban J connectivity index is 1.44. The summed E-state index contributed by atoms with van der Waals surface area (Å²) in [4.78, 5) is 16.4. The highest BCUT2D eigenvalue weighted by Gasteiger charge is 2.48. The number of carbonyl (C=O) groups excluding carboxylic acids is 1. The molecule has 2 aromatic rings. The molecule has 2 N–H and O–H groups in total. The Bertz CT molecular complexity index is 867. The van der Waals surface area contributed by atoms with Crippen LogP contribution >= 0.6 is 11.3 Å². The molecule has 6 rings (SSSR count). The summed E-state index contributed by atoms with van der Waals surface area (Å²) >= 11 is 1.56. The number of amides is 1. The quantitative estimate of drug-likeness (QED) is 0.850. The monoisotopic (exact) mass is 371 g/mol. The van der Waals surface area contributed by atoms with Crippen LogP contribution in [0.4, 0.5) is 5.69 Å². The van der Waals surface area contributed by atoms with E-state index in [1.807, 2.05) is 18.2 Å². The van der Waals surface area contributed by atoms with E-state index in [-0.39, 0.29) is 17.5 Å². The molecule has 26 heavy (non-hydrogen) atoms. The lowest BCUT2D eigenvalue weighted by Gasteiger charge is -2.56. The fraction of sp³-hybridized carbons (Fsp3) is 0.550. The number of nitrogens with zero attached hydrogens (tertiary/aromatic N) is 1. The number of hydrogen-bond donors (Lipinski definition) is 2. The van der Waals surface area contributed by atoms with Gasteiger partial charge >= 0.3 is 0 Å². The van der Waals surface area contributed by atoms with Crippen molar-refractivity contribution in [1.29, 1.82) is 0 Å². The van der Waals surface area contributed by atoms with Crippen LogP contribution in [-0.4, -0.2) is 48.6 Å². The number of ether oxygens (including phenoxy) is 1. The first-order valence-electron chi connectivity index (χ1n) is 9.53. The molecule has 0 saturated carbocycles. The van der Waals surface area contributed by atoms with Crippen LogP contribution in [0.15, 0.2) is 18.2 Å². The topological polar surface area (TPSA) is 53.6 Å². The third-order valence-electron chi connectivity index (χ3n) is 6.41. The molecule has 1 aromatic carbocycles. The summed E-state index contributed by atoms with van der Waals surface area (Å²) in [7, 11) is 0. The van der Waals surface area contributed by atoms with E-state index in [2.05, 4.69) is 29.4 Å². The number of hydrogen-bond acceptors (Lipinski definition) is 5. The molecule has 6 heteroatoms. The largest absolute Gasteiger partial charge is 0.490 e. The van der Waals surface area contributed by atoms with Gasteiger partial charge in [0.1, 0.15) is 12.4 Å². The van der Waals surface area contributed by atoms with Crippen molar-refractivity contribution >= 4 is 33.0 Å². The zero-order valence-electron chi connectivity index (χ0n) is 15.3. The highest BCUT2D eigenvalue weighted by Crippen LogP contribution is 2.41. The van der Waals surface area contributed by atoms with Crippen LogP contribution < -0.4 is 15.4 Å². The van der Waals surface area contributed by atoms with Crippen LogP contribution in [0, 0.1) is 5.92 Å². The van der Waals surface area contributed by atoms with E-state index in [9.17, 15) is 4.79 Å². The summed E-state index contributed by atoms with van der Waals surface area (Å²) in [6.07, 6.45) is 2.38. The average Bonchev–Trinajstić information content (AvgIpc) is 3.10. The number of rotatable bonds is 2. The molecule has 4 aliphatic rings. The zero-order valence-corrected chi connectivity index (χ0v) is 16.1. The smallest absolute Gasteiger partial charge is 0.261 e. The summed E-state index contributed by atoms with van der Waals surface area (Å²) < 4.78 is 6.83. The van der Waals surface area contributed by atoms with E-state index in [4.69, 9.17) is 4.74 Å². The molecule has 0 radical (unpaired) electrons. The molecule has 1 amide bonds. The lowest BCUT2D eigenvalue weighted by molar-refractivity contribution is -0.0377. The third-order valence-corrected chi connectivity index (χ3v) is 7.57. The molecule has 0 unspecified atom stereocenters. The maximum atomic E-state index is 13.0.